The van der Waals surface area contributed by atoms with Crippen molar-refractivity contribution in [2.45, 2.75) is 31.7 Å². The number of carbonyl (C=O) groups excluding carboxylic acids is 2. The summed E-state index contributed by atoms with van der Waals surface area (Å²) in [5.74, 6) is -0.221. The van der Waals surface area contributed by atoms with Gasteiger partial charge in [0.2, 0.25) is 11.8 Å². The van der Waals surface area contributed by atoms with Gasteiger partial charge in [0.05, 0.1) is 5.92 Å². The average Bonchev–Trinajstić information content (AvgIpc) is 2.80. The van der Waals surface area contributed by atoms with Crippen LogP contribution in [-0.2, 0) is 16.1 Å². The second kappa shape index (κ2) is 9.40. The molecule has 0 atom stereocenters. The smallest absolute Gasteiger partial charge is 0.232 e. The normalized spacial score (nSPS) is 14.0. The van der Waals surface area contributed by atoms with Crippen LogP contribution in [-0.4, -0.2) is 18.4 Å². The Kier molecular flexibility index (Phi) is 6.23. The van der Waals surface area contributed by atoms with Crippen molar-refractivity contribution in [2.24, 2.45) is 0 Å². The summed E-state index contributed by atoms with van der Waals surface area (Å²) in [5, 5.41) is 3.09. The minimum absolute atomic E-state index is 0.0353. The molecular weight excluding hydrogens is 372 g/mol. The summed E-state index contributed by atoms with van der Waals surface area (Å²) in [6.45, 7) is 1.18. The number of rotatable bonds is 6. The molecule has 0 aliphatic carbocycles. The molecular formula is C26H26N2O2. The number of piperidine rings is 1. The summed E-state index contributed by atoms with van der Waals surface area (Å²) in [4.78, 5) is 27.3. The van der Waals surface area contributed by atoms with E-state index in [4.69, 9.17) is 0 Å². The lowest BCUT2D eigenvalue weighted by Gasteiger charge is -2.27. The second-order valence-corrected chi connectivity index (χ2v) is 7.64. The van der Waals surface area contributed by atoms with E-state index in [9.17, 15) is 9.59 Å². The SMILES string of the molecule is O=C(NCc1cccc(N2CCCCC2=O)c1)C(c1ccccc1)c1ccccc1. The van der Waals surface area contributed by atoms with Gasteiger partial charge in [0.15, 0.2) is 0 Å². The molecule has 4 heteroatoms. The lowest BCUT2D eigenvalue weighted by Crippen LogP contribution is -2.35. The fourth-order valence-electron chi connectivity index (χ4n) is 3.99. The first kappa shape index (κ1) is 19.9. The Balaban J connectivity index is 1.50. The van der Waals surface area contributed by atoms with Crippen molar-refractivity contribution in [3.05, 3.63) is 102 Å². The predicted molar refractivity (Wildman–Crippen MR) is 119 cm³/mol. The van der Waals surface area contributed by atoms with E-state index in [0.29, 0.717) is 13.0 Å². The molecule has 1 N–H and O–H groups in total. The molecule has 1 heterocycles. The molecule has 30 heavy (non-hydrogen) atoms. The summed E-state index contributed by atoms with van der Waals surface area (Å²) in [6, 6.07) is 27.6. The summed E-state index contributed by atoms with van der Waals surface area (Å²) >= 11 is 0. The number of amides is 2. The molecule has 0 bridgehead atoms. The van der Waals surface area contributed by atoms with Crippen molar-refractivity contribution in [1.29, 1.82) is 0 Å². The van der Waals surface area contributed by atoms with E-state index in [1.807, 2.05) is 89.8 Å². The second-order valence-electron chi connectivity index (χ2n) is 7.64. The molecule has 1 fully saturated rings. The maximum atomic E-state index is 13.2. The minimum atomic E-state index is -0.362. The number of nitrogens with one attached hydrogen (secondary N) is 1. The molecule has 3 aromatic carbocycles. The summed E-state index contributed by atoms with van der Waals surface area (Å²) in [6.07, 6.45) is 2.60. The molecule has 2 amide bonds. The van der Waals surface area contributed by atoms with Crippen LogP contribution in [0.5, 0.6) is 0 Å². The Morgan fingerprint density at radius 2 is 1.53 bits per heavy atom. The number of hydrogen-bond donors (Lipinski definition) is 1. The third-order valence-corrected chi connectivity index (χ3v) is 5.54. The van der Waals surface area contributed by atoms with Gasteiger partial charge in [0.25, 0.3) is 0 Å². The maximum absolute atomic E-state index is 13.2. The van der Waals surface area contributed by atoms with Crippen LogP contribution >= 0.6 is 0 Å². The highest BCUT2D eigenvalue weighted by molar-refractivity contribution is 5.94. The van der Waals surface area contributed by atoms with Crippen LogP contribution in [0.25, 0.3) is 0 Å². The quantitative estimate of drug-likeness (QED) is 0.657. The fourth-order valence-corrected chi connectivity index (χ4v) is 3.99. The van der Waals surface area contributed by atoms with E-state index in [0.717, 1.165) is 41.8 Å². The lowest BCUT2D eigenvalue weighted by atomic mass is 9.90. The molecule has 0 unspecified atom stereocenters. The minimum Gasteiger partial charge on any atom is -0.351 e. The number of nitrogens with zero attached hydrogens (tertiary/aromatic N) is 1. The highest BCUT2D eigenvalue weighted by Crippen LogP contribution is 2.25. The molecule has 4 nitrogen and oxygen atoms in total. The van der Waals surface area contributed by atoms with Gasteiger partial charge >= 0.3 is 0 Å². The molecule has 0 spiro atoms. The molecule has 0 saturated carbocycles. The first-order valence-corrected chi connectivity index (χ1v) is 10.5. The molecule has 152 valence electrons. The Bertz CT molecular complexity index is 962. The van der Waals surface area contributed by atoms with Crippen molar-refractivity contribution in [3.8, 4) is 0 Å². The van der Waals surface area contributed by atoms with Crippen LogP contribution in [0.3, 0.4) is 0 Å². The molecule has 0 radical (unpaired) electrons. The summed E-state index contributed by atoms with van der Waals surface area (Å²) < 4.78 is 0. The van der Waals surface area contributed by atoms with Crippen molar-refractivity contribution in [2.75, 3.05) is 11.4 Å². The van der Waals surface area contributed by atoms with Crippen LogP contribution in [0.4, 0.5) is 5.69 Å². The highest BCUT2D eigenvalue weighted by atomic mass is 16.2. The zero-order valence-corrected chi connectivity index (χ0v) is 17.0. The van der Waals surface area contributed by atoms with E-state index in [1.54, 1.807) is 0 Å². The first-order valence-electron chi connectivity index (χ1n) is 10.5. The Morgan fingerprint density at radius 3 is 2.17 bits per heavy atom. The number of anilines is 1. The molecule has 1 aliphatic rings. The van der Waals surface area contributed by atoms with E-state index in [2.05, 4.69) is 5.32 Å². The maximum Gasteiger partial charge on any atom is 0.232 e. The van der Waals surface area contributed by atoms with E-state index in [-0.39, 0.29) is 17.7 Å². The predicted octanol–water partition coefficient (Wildman–Crippen LogP) is 4.65. The first-order chi connectivity index (χ1) is 14.7. The van der Waals surface area contributed by atoms with Gasteiger partial charge in [-0.25, -0.2) is 0 Å². The van der Waals surface area contributed by atoms with Crippen LogP contribution in [0, 0.1) is 0 Å². The Labute approximate surface area is 177 Å². The van der Waals surface area contributed by atoms with Crippen molar-refractivity contribution >= 4 is 17.5 Å². The molecule has 4 rings (SSSR count). The van der Waals surface area contributed by atoms with Crippen LogP contribution in [0.15, 0.2) is 84.9 Å². The van der Waals surface area contributed by atoms with Crippen LogP contribution in [0.2, 0.25) is 0 Å². The molecule has 1 saturated heterocycles. The Morgan fingerprint density at radius 1 is 0.867 bits per heavy atom. The average molecular weight is 399 g/mol. The van der Waals surface area contributed by atoms with Gasteiger partial charge < -0.3 is 10.2 Å². The standard InChI is InChI=1S/C26H26N2O2/c29-24-16-7-8-17-28(24)23-15-9-10-20(18-23)19-27-26(30)25(21-11-3-1-4-12-21)22-13-5-2-6-14-22/h1-6,9-15,18,25H,7-8,16-17,19H2,(H,27,30). The van der Waals surface area contributed by atoms with E-state index < -0.39 is 0 Å². The fraction of sp³-hybridized carbons (Fsp3) is 0.231. The summed E-state index contributed by atoms with van der Waals surface area (Å²) in [5.41, 5.74) is 3.83. The molecule has 0 aromatic heterocycles. The van der Waals surface area contributed by atoms with E-state index in [1.165, 1.54) is 0 Å². The number of carbonyl (C=O) groups is 2. The molecule has 1 aliphatic heterocycles. The van der Waals surface area contributed by atoms with Crippen molar-refractivity contribution < 1.29 is 9.59 Å². The van der Waals surface area contributed by atoms with Crippen molar-refractivity contribution in [3.63, 3.8) is 0 Å². The topological polar surface area (TPSA) is 49.4 Å². The highest BCUT2D eigenvalue weighted by Gasteiger charge is 2.23. The van der Waals surface area contributed by atoms with Gasteiger partial charge in [-0.15, -0.1) is 0 Å². The van der Waals surface area contributed by atoms with Crippen LogP contribution in [0.1, 0.15) is 41.9 Å². The third kappa shape index (κ3) is 4.60. The van der Waals surface area contributed by atoms with Gasteiger partial charge in [-0.2, -0.15) is 0 Å². The van der Waals surface area contributed by atoms with Gasteiger partial charge in [-0.1, -0.05) is 72.8 Å². The molecule has 3 aromatic rings. The third-order valence-electron chi connectivity index (χ3n) is 5.54. The van der Waals surface area contributed by atoms with Gasteiger partial charge in [0.1, 0.15) is 0 Å². The number of hydrogen-bond acceptors (Lipinski definition) is 2. The lowest BCUT2D eigenvalue weighted by molar-refractivity contribution is -0.122. The van der Waals surface area contributed by atoms with Gasteiger partial charge in [-0.05, 0) is 41.7 Å². The van der Waals surface area contributed by atoms with Crippen molar-refractivity contribution in [1.82, 2.24) is 5.32 Å². The largest absolute Gasteiger partial charge is 0.351 e. The van der Waals surface area contributed by atoms with Crippen LogP contribution < -0.4 is 10.2 Å². The van der Waals surface area contributed by atoms with Gasteiger partial charge in [-0.3, -0.25) is 9.59 Å². The monoisotopic (exact) mass is 398 g/mol. The number of benzene rings is 3. The Hall–Kier alpha value is -3.40. The van der Waals surface area contributed by atoms with E-state index >= 15 is 0 Å². The summed E-state index contributed by atoms with van der Waals surface area (Å²) in [7, 11) is 0. The van der Waals surface area contributed by atoms with Gasteiger partial charge in [0, 0.05) is 25.2 Å². The zero-order valence-electron chi connectivity index (χ0n) is 17.0. The zero-order chi connectivity index (χ0) is 20.8.